The number of hydrogen-bond donors (Lipinski definition) is 1. The minimum Gasteiger partial charge on any atom is -0.354 e. The predicted octanol–water partition coefficient (Wildman–Crippen LogP) is 3.23. The summed E-state index contributed by atoms with van der Waals surface area (Å²) in [6, 6.07) is 18.7. The summed E-state index contributed by atoms with van der Waals surface area (Å²) in [5, 5.41) is 3.93. The van der Waals surface area contributed by atoms with Crippen molar-refractivity contribution in [3.05, 3.63) is 82.1 Å². The molecule has 25 heavy (non-hydrogen) atoms. The molecule has 2 aromatic carbocycles. The van der Waals surface area contributed by atoms with E-state index in [1.165, 1.54) is 5.56 Å². The number of pyridine rings is 1. The summed E-state index contributed by atoms with van der Waals surface area (Å²) in [4.78, 5) is 25.0. The fourth-order valence-corrected chi connectivity index (χ4v) is 3.11. The molecule has 3 rings (SSSR count). The van der Waals surface area contributed by atoms with Gasteiger partial charge in [-0.3, -0.25) is 14.2 Å². The van der Waals surface area contributed by atoms with Crippen molar-refractivity contribution in [3.8, 4) is 0 Å². The first-order valence-corrected chi connectivity index (χ1v) is 8.50. The number of amides is 1. The van der Waals surface area contributed by atoms with Crippen LogP contribution in [0.5, 0.6) is 0 Å². The van der Waals surface area contributed by atoms with Gasteiger partial charge in [0, 0.05) is 18.0 Å². The predicted molar refractivity (Wildman–Crippen MR) is 101 cm³/mol. The summed E-state index contributed by atoms with van der Waals surface area (Å²) in [5.41, 5.74) is 2.74. The van der Waals surface area contributed by atoms with E-state index in [4.69, 9.17) is 0 Å². The SMILES string of the molecule is Cc1cc(=O)n([C@@H](C)C(=O)NCCc2ccccc2)c2ccccc12. The Kier molecular flexibility index (Phi) is 4.98. The second kappa shape index (κ2) is 7.34. The summed E-state index contributed by atoms with van der Waals surface area (Å²) in [6.45, 7) is 4.23. The number of aromatic nitrogens is 1. The van der Waals surface area contributed by atoms with Crippen LogP contribution in [0.15, 0.2) is 65.5 Å². The Bertz CT molecular complexity index is 945. The maximum Gasteiger partial charge on any atom is 0.252 e. The van der Waals surface area contributed by atoms with Gasteiger partial charge in [-0.25, -0.2) is 0 Å². The number of carbonyl (C=O) groups excluding carboxylic acids is 1. The van der Waals surface area contributed by atoms with Crippen molar-refractivity contribution in [3.63, 3.8) is 0 Å². The van der Waals surface area contributed by atoms with Crippen molar-refractivity contribution in [1.82, 2.24) is 9.88 Å². The van der Waals surface area contributed by atoms with Crippen LogP contribution in [-0.4, -0.2) is 17.0 Å². The highest BCUT2D eigenvalue weighted by atomic mass is 16.2. The third-order valence-corrected chi connectivity index (χ3v) is 4.49. The van der Waals surface area contributed by atoms with E-state index < -0.39 is 6.04 Å². The van der Waals surface area contributed by atoms with Crippen molar-refractivity contribution < 1.29 is 4.79 Å². The Labute approximate surface area is 147 Å². The number of benzene rings is 2. The number of fused-ring (bicyclic) bond motifs is 1. The van der Waals surface area contributed by atoms with Gasteiger partial charge in [-0.1, -0.05) is 48.5 Å². The molecule has 0 spiro atoms. The monoisotopic (exact) mass is 334 g/mol. The molecule has 0 unspecified atom stereocenters. The highest BCUT2D eigenvalue weighted by Gasteiger charge is 2.18. The van der Waals surface area contributed by atoms with Crippen LogP contribution in [0.1, 0.15) is 24.1 Å². The van der Waals surface area contributed by atoms with Crippen LogP contribution in [0, 0.1) is 6.92 Å². The van der Waals surface area contributed by atoms with E-state index >= 15 is 0 Å². The molecule has 4 heteroatoms. The molecule has 0 aliphatic rings. The Morgan fingerprint density at radius 1 is 1.08 bits per heavy atom. The van der Waals surface area contributed by atoms with Crippen LogP contribution in [0.25, 0.3) is 10.9 Å². The smallest absolute Gasteiger partial charge is 0.252 e. The normalized spacial score (nSPS) is 12.1. The number of hydrogen-bond acceptors (Lipinski definition) is 2. The standard InChI is InChI=1S/C21H22N2O2/c1-15-14-20(24)23(19-11-7-6-10-18(15)19)16(2)21(25)22-13-12-17-8-4-3-5-9-17/h3-11,14,16H,12-13H2,1-2H3,(H,22,25)/t16-/m0/s1. The van der Waals surface area contributed by atoms with Crippen molar-refractivity contribution in [2.24, 2.45) is 0 Å². The molecular formula is C21H22N2O2. The van der Waals surface area contributed by atoms with Crippen LogP contribution in [0.4, 0.5) is 0 Å². The van der Waals surface area contributed by atoms with Gasteiger partial charge in [0.25, 0.3) is 5.56 Å². The van der Waals surface area contributed by atoms with Gasteiger partial charge in [0.05, 0.1) is 5.52 Å². The molecular weight excluding hydrogens is 312 g/mol. The molecule has 3 aromatic rings. The number of aryl methyl sites for hydroxylation is 1. The summed E-state index contributed by atoms with van der Waals surface area (Å²) >= 11 is 0. The number of rotatable bonds is 5. The summed E-state index contributed by atoms with van der Waals surface area (Å²) < 4.78 is 1.57. The summed E-state index contributed by atoms with van der Waals surface area (Å²) in [5.74, 6) is -0.146. The molecule has 0 saturated heterocycles. The quantitative estimate of drug-likeness (QED) is 0.779. The molecule has 128 valence electrons. The fraction of sp³-hybridized carbons (Fsp3) is 0.238. The van der Waals surface area contributed by atoms with Crippen LogP contribution >= 0.6 is 0 Å². The van der Waals surface area contributed by atoms with Crippen LogP contribution in [-0.2, 0) is 11.2 Å². The Balaban J connectivity index is 1.78. The molecule has 0 bridgehead atoms. The molecule has 0 saturated carbocycles. The molecule has 1 amide bonds. The van der Waals surface area contributed by atoms with E-state index in [1.54, 1.807) is 17.6 Å². The summed E-state index contributed by atoms with van der Waals surface area (Å²) in [6.07, 6.45) is 0.767. The lowest BCUT2D eigenvalue weighted by Crippen LogP contribution is -2.36. The van der Waals surface area contributed by atoms with Gasteiger partial charge in [-0.05, 0) is 37.5 Å². The molecule has 0 radical (unpaired) electrons. The fourth-order valence-electron chi connectivity index (χ4n) is 3.11. The van der Waals surface area contributed by atoms with E-state index in [0.29, 0.717) is 6.54 Å². The molecule has 4 nitrogen and oxygen atoms in total. The number of carbonyl (C=O) groups is 1. The molecule has 1 heterocycles. The van der Waals surface area contributed by atoms with Crippen LogP contribution in [0.3, 0.4) is 0 Å². The molecule has 0 fully saturated rings. The van der Waals surface area contributed by atoms with Crippen LogP contribution < -0.4 is 10.9 Å². The van der Waals surface area contributed by atoms with Gasteiger partial charge in [-0.2, -0.15) is 0 Å². The number of nitrogens with zero attached hydrogens (tertiary/aromatic N) is 1. The van der Waals surface area contributed by atoms with E-state index in [2.05, 4.69) is 5.32 Å². The zero-order valence-electron chi connectivity index (χ0n) is 14.5. The lowest BCUT2D eigenvalue weighted by molar-refractivity contribution is -0.123. The first-order valence-electron chi connectivity index (χ1n) is 8.50. The lowest BCUT2D eigenvalue weighted by atomic mass is 10.1. The van der Waals surface area contributed by atoms with Gasteiger partial charge in [-0.15, -0.1) is 0 Å². The Hall–Kier alpha value is -2.88. The first-order chi connectivity index (χ1) is 12.1. The molecule has 1 atom stereocenters. The topological polar surface area (TPSA) is 51.1 Å². The van der Waals surface area contributed by atoms with Crippen molar-refractivity contribution >= 4 is 16.8 Å². The average molecular weight is 334 g/mol. The zero-order chi connectivity index (χ0) is 17.8. The van der Waals surface area contributed by atoms with Crippen molar-refractivity contribution in [2.75, 3.05) is 6.54 Å². The second-order valence-electron chi connectivity index (χ2n) is 6.26. The molecule has 1 aromatic heterocycles. The van der Waals surface area contributed by atoms with Gasteiger partial charge in [0.1, 0.15) is 6.04 Å². The van der Waals surface area contributed by atoms with E-state index in [0.717, 1.165) is 22.9 Å². The maximum atomic E-state index is 12.5. The van der Waals surface area contributed by atoms with Gasteiger partial charge in [0.15, 0.2) is 0 Å². The number of para-hydroxylation sites is 1. The lowest BCUT2D eigenvalue weighted by Gasteiger charge is -2.18. The van der Waals surface area contributed by atoms with Gasteiger partial charge >= 0.3 is 0 Å². The molecule has 0 aliphatic heterocycles. The Morgan fingerprint density at radius 2 is 1.76 bits per heavy atom. The van der Waals surface area contributed by atoms with E-state index in [-0.39, 0.29) is 11.5 Å². The van der Waals surface area contributed by atoms with Crippen molar-refractivity contribution in [2.45, 2.75) is 26.3 Å². The van der Waals surface area contributed by atoms with Gasteiger partial charge in [0.2, 0.25) is 5.91 Å². The highest BCUT2D eigenvalue weighted by molar-refractivity contribution is 5.86. The second-order valence-corrected chi connectivity index (χ2v) is 6.26. The van der Waals surface area contributed by atoms with Crippen LogP contribution in [0.2, 0.25) is 0 Å². The summed E-state index contributed by atoms with van der Waals surface area (Å²) in [7, 11) is 0. The maximum absolute atomic E-state index is 12.5. The highest BCUT2D eigenvalue weighted by Crippen LogP contribution is 2.19. The zero-order valence-corrected chi connectivity index (χ0v) is 14.5. The first kappa shape index (κ1) is 17.0. The molecule has 0 aliphatic carbocycles. The van der Waals surface area contributed by atoms with Crippen molar-refractivity contribution in [1.29, 1.82) is 0 Å². The average Bonchev–Trinajstić information content (AvgIpc) is 2.62. The third-order valence-electron chi connectivity index (χ3n) is 4.49. The third kappa shape index (κ3) is 3.63. The minimum atomic E-state index is -0.561. The van der Waals surface area contributed by atoms with E-state index in [9.17, 15) is 9.59 Å². The van der Waals surface area contributed by atoms with Gasteiger partial charge < -0.3 is 5.32 Å². The number of nitrogens with one attached hydrogen (secondary N) is 1. The largest absolute Gasteiger partial charge is 0.354 e. The molecule has 1 N–H and O–H groups in total. The minimum absolute atomic E-state index is 0.146. The van der Waals surface area contributed by atoms with E-state index in [1.807, 2.05) is 61.5 Å². The Morgan fingerprint density at radius 3 is 2.52 bits per heavy atom.